The highest BCUT2D eigenvalue weighted by Crippen LogP contribution is 2.59. The summed E-state index contributed by atoms with van der Waals surface area (Å²) in [4.78, 5) is 27.2. The number of benzene rings is 2. The lowest BCUT2D eigenvalue weighted by Gasteiger charge is -2.32. The lowest BCUT2D eigenvalue weighted by molar-refractivity contribution is -0.135. The molecule has 7 heteroatoms. The number of likely N-dealkylation sites (tertiary alicyclic amines) is 1. The van der Waals surface area contributed by atoms with Crippen molar-refractivity contribution in [3.8, 4) is 11.4 Å². The highest BCUT2D eigenvalue weighted by Gasteiger charge is 2.58. The second-order valence-electron chi connectivity index (χ2n) is 8.59. The van der Waals surface area contributed by atoms with Crippen LogP contribution in [-0.2, 0) is 9.59 Å². The molecule has 1 aliphatic heterocycles. The number of anilines is 1. The first kappa shape index (κ1) is 20.3. The van der Waals surface area contributed by atoms with Crippen LogP contribution in [0.25, 0.3) is 5.69 Å². The van der Waals surface area contributed by atoms with Gasteiger partial charge in [-0.1, -0.05) is 18.2 Å². The standard InChI is InChI=1S/C25H26N4O3/c30-23(18-32-21-5-2-1-3-6-21)28-15-11-25(12-16-28)17-22(25)24(31)27-19-7-9-20(10-8-19)29-14-4-13-26-29/h1-10,13-14,22H,11-12,15-18H2,(H,27,31)/t22-/m0/s1. The molecule has 1 N–H and O–H groups in total. The topological polar surface area (TPSA) is 76.5 Å². The van der Waals surface area contributed by atoms with Crippen molar-refractivity contribution in [1.29, 1.82) is 0 Å². The van der Waals surface area contributed by atoms with Crippen molar-refractivity contribution in [2.24, 2.45) is 11.3 Å². The van der Waals surface area contributed by atoms with Crippen molar-refractivity contribution in [2.45, 2.75) is 19.3 Å². The molecule has 32 heavy (non-hydrogen) atoms. The SMILES string of the molecule is O=C(Nc1ccc(-n2cccn2)cc1)[C@@H]1CC12CCN(C(=O)COc1ccccc1)CC2. The van der Waals surface area contributed by atoms with Crippen LogP contribution in [0.15, 0.2) is 73.1 Å². The number of hydrogen-bond donors (Lipinski definition) is 1. The van der Waals surface area contributed by atoms with Crippen LogP contribution in [0.1, 0.15) is 19.3 Å². The molecule has 2 heterocycles. The largest absolute Gasteiger partial charge is 0.484 e. The number of carbonyl (C=O) groups excluding carboxylic acids is 2. The number of para-hydroxylation sites is 1. The van der Waals surface area contributed by atoms with Crippen molar-refractivity contribution in [3.05, 3.63) is 73.1 Å². The molecular formula is C25H26N4O3. The Morgan fingerprint density at radius 3 is 2.47 bits per heavy atom. The lowest BCUT2D eigenvalue weighted by atomic mass is 9.90. The zero-order valence-electron chi connectivity index (χ0n) is 17.8. The molecule has 3 aromatic rings. The van der Waals surface area contributed by atoms with Crippen LogP contribution in [0, 0.1) is 11.3 Å². The maximum absolute atomic E-state index is 12.8. The quantitative estimate of drug-likeness (QED) is 0.649. The van der Waals surface area contributed by atoms with Crippen molar-refractivity contribution in [3.63, 3.8) is 0 Å². The highest BCUT2D eigenvalue weighted by molar-refractivity contribution is 5.95. The van der Waals surface area contributed by atoms with Gasteiger partial charge in [-0.2, -0.15) is 5.10 Å². The van der Waals surface area contributed by atoms with Crippen LogP contribution in [0.5, 0.6) is 5.75 Å². The molecule has 1 aliphatic carbocycles. The van der Waals surface area contributed by atoms with Gasteiger partial charge in [-0.3, -0.25) is 9.59 Å². The number of nitrogens with one attached hydrogen (secondary N) is 1. The number of amides is 2. The van der Waals surface area contributed by atoms with E-state index in [4.69, 9.17) is 4.74 Å². The fraction of sp³-hybridized carbons (Fsp3) is 0.320. The van der Waals surface area contributed by atoms with Gasteiger partial charge in [0.1, 0.15) is 5.75 Å². The molecule has 7 nitrogen and oxygen atoms in total. The maximum Gasteiger partial charge on any atom is 0.260 e. The van der Waals surface area contributed by atoms with E-state index < -0.39 is 0 Å². The summed E-state index contributed by atoms with van der Waals surface area (Å²) < 4.78 is 7.36. The number of hydrogen-bond acceptors (Lipinski definition) is 4. The molecule has 164 valence electrons. The smallest absolute Gasteiger partial charge is 0.260 e. The minimum absolute atomic E-state index is 0.00243. The fourth-order valence-electron chi connectivity index (χ4n) is 4.57. The first-order valence-electron chi connectivity index (χ1n) is 11.0. The van der Waals surface area contributed by atoms with E-state index in [1.807, 2.05) is 71.8 Å². The minimum Gasteiger partial charge on any atom is -0.484 e. The number of aromatic nitrogens is 2. The third kappa shape index (κ3) is 4.23. The van der Waals surface area contributed by atoms with Crippen molar-refractivity contribution in [1.82, 2.24) is 14.7 Å². The summed E-state index contributed by atoms with van der Waals surface area (Å²) in [6.45, 7) is 1.41. The molecule has 2 aliphatic rings. The Balaban J connectivity index is 1.10. The zero-order chi connectivity index (χ0) is 22.0. The molecule has 2 amide bonds. The van der Waals surface area contributed by atoms with Crippen molar-refractivity contribution in [2.75, 3.05) is 25.0 Å². The van der Waals surface area contributed by atoms with E-state index in [-0.39, 0.29) is 29.8 Å². The number of nitrogens with zero attached hydrogens (tertiary/aromatic N) is 3. The molecule has 1 saturated heterocycles. The highest BCUT2D eigenvalue weighted by atomic mass is 16.5. The second-order valence-corrected chi connectivity index (χ2v) is 8.59. The Hall–Kier alpha value is -3.61. The van der Waals surface area contributed by atoms with Crippen LogP contribution < -0.4 is 10.1 Å². The van der Waals surface area contributed by atoms with Crippen LogP contribution in [0.3, 0.4) is 0 Å². The molecule has 0 radical (unpaired) electrons. The second kappa shape index (κ2) is 8.49. The van der Waals surface area contributed by atoms with Gasteiger partial charge in [-0.05, 0) is 67.1 Å². The molecule has 1 aromatic heterocycles. The van der Waals surface area contributed by atoms with Crippen LogP contribution in [0.2, 0.25) is 0 Å². The summed E-state index contributed by atoms with van der Waals surface area (Å²) in [6.07, 6.45) is 6.23. The normalized spacial score (nSPS) is 18.9. The van der Waals surface area contributed by atoms with Crippen LogP contribution in [-0.4, -0.2) is 46.2 Å². The maximum atomic E-state index is 12.8. The van der Waals surface area contributed by atoms with Gasteiger partial charge < -0.3 is 15.0 Å². The third-order valence-corrected chi connectivity index (χ3v) is 6.63. The van der Waals surface area contributed by atoms with Gasteiger partial charge >= 0.3 is 0 Å². The van der Waals surface area contributed by atoms with Crippen molar-refractivity contribution >= 4 is 17.5 Å². The molecule has 5 rings (SSSR count). The van der Waals surface area contributed by atoms with E-state index in [1.54, 1.807) is 10.9 Å². The summed E-state index contributed by atoms with van der Waals surface area (Å²) >= 11 is 0. The monoisotopic (exact) mass is 430 g/mol. The minimum atomic E-state index is 0.00243. The molecule has 2 aromatic carbocycles. The van der Waals surface area contributed by atoms with E-state index >= 15 is 0 Å². The number of rotatable bonds is 6. The van der Waals surface area contributed by atoms with E-state index in [0.717, 1.165) is 30.6 Å². The fourth-order valence-corrected chi connectivity index (χ4v) is 4.57. The number of piperidine rings is 1. The van der Waals surface area contributed by atoms with Crippen molar-refractivity contribution < 1.29 is 14.3 Å². The Kier molecular flexibility index (Phi) is 5.39. The molecule has 1 atom stereocenters. The number of ether oxygens (including phenoxy) is 1. The molecular weight excluding hydrogens is 404 g/mol. The van der Waals surface area contributed by atoms with E-state index in [1.165, 1.54) is 0 Å². The first-order valence-corrected chi connectivity index (χ1v) is 11.0. The first-order chi connectivity index (χ1) is 15.6. The number of carbonyl (C=O) groups is 2. The van der Waals surface area contributed by atoms with Gasteiger partial charge in [-0.15, -0.1) is 0 Å². The molecule has 1 spiro atoms. The van der Waals surface area contributed by atoms with Gasteiger partial charge in [-0.25, -0.2) is 4.68 Å². The third-order valence-electron chi connectivity index (χ3n) is 6.63. The molecule has 2 fully saturated rings. The Morgan fingerprint density at radius 2 is 1.78 bits per heavy atom. The average Bonchev–Trinajstić information content (AvgIpc) is 3.25. The van der Waals surface area contributed by atoms with E-state index in [2.05, 4.69) is 10.4 Å². The Morgan fingerprint density at radius 1 is 1.03 bits per heavy atom. The summed E-state index contributed by atoms with van der Waals surface area (Å²) in [5.41, 5.74) is 1.78. The lowest BCUT2D eigenvalue weighted by Crippen LogP contribution is -2.42. The van der Waals surface area contributed by atoms with Gasteiger partial charge in [0.2, 0.25) is 5.91 Å². The van der Waals surface area contributed by atoms with Crippen LogP contribution >= 0.6 is 0 Å². The zero-order valence-corrected chi connectivity index (χ0v) is 17.8. The van der Waals surface area contributed by atoms with Gasteiger partial charge in [0.25, 0.3) is 5.91 Å². The molecule has 0 unspecified atom stereocenters. The van der Waals surface area contributed by atoms with Gasteiger partial charge in [0.15, 0.2) is 6.61 Å². The summed E-state index contributed by atoms with van der Waals surface area (Å²) in [6, 6.07) is 18.9. The van der Waals surface area contributed by atoms with Gasteiger partial charge in [0.05, 0.1) is 5.69 Å². The summed E-state index contributed by atoms with van der Waals surface area (Å²) in [5, 5.41) is 7.26. The Bertz CT molecular complexity index is 1070. The molecule has 1 saturated carbocycles. The van der Waals surface area contributed by atoms with E-state index in [0.29, 0.717) is 18.8 Å². The molecule has 0 bridgehead atoms. The Labute approximate surface area is 187 Å². The predicted octanol–water partition coefficient (Wildman–Crippen LogP) is 3.52. The summed E-state index contributed by atoms with van der Waals surface area (Å²) in [7, 11) is 0. The summed E-state index contributed by atoms with van der Waals surface area (Å²) in [5.74, 6) is 0.795. The van der Waals surface area contributed by atoms with Crippen LogP contribution in [0.4, 0.5) is 5.69 Å². The predicted molar refractivity (Wildman–Crippen MR) is 120 cm³/mol. The van der Waals surface area contributed by atoms with Gasteiger partial charge in [0, 0.05) is 37.1 Å². The van der Waals surface area contributed by atoms with E-state index in [9.17, 15) is 9.59 Å². The average molecular weight is 431 g/mol.